The number of aryl methyl sites for hydroxylation is 1. The summed E-state index contributed by atoms with van der Waals surface area (Å²) in [5, 5.41) is 13.8. The van der Waals surface area contributed by atoms with Gasteiger partial charge in [-0.15, -0.1) is 0 Å². The van der Waals surface area contributed by atoms with Gasteiger partial charge in [-0.25, -0.2) is 0 Å². The Hall–Kier alpha value is -1.73. The lowest BCUT2D eigenvalue weighted by Crippen LogP contribution is -2.46. The third-order valence-corrected chi connectivity index (χ3v) is 5.52. The highest BCUT2D eigenvalue weighted by Gasteiger charge is 2.26. The number of rotatable bonds is 5. The molecule has 1 saturated heterocycles. The van der Waals surface area contributed by atoms with E-state index in [9.17, 15) is 5.11 Å². The topological polar surface area (TPSA) is 53.8 Å². The van der Waals surface area contributed by atoms with Crippen LogP contribution in [0.15, 0.2) is 36.5 Å². The highest BCUT2D eigenvalue weighted by Crippen LogP contribution is 2.21. The summed E-state index contributed by atoms with van der Waals surface area (Å²) in [6.45, 7) is 7.76. The van der Waals surface area contributed by atoms with E-state index in [2.05, 4.69) is 37.8 Å². The van der Waals surface area contributed by atoms with Crippen molar-refractivity contribution in [3.8, 4) is 0 Å². The molecular weight excluding hydrogens is 328 g/mol. The second-order valence-electron chi connectivity index (χ2n) is 7.28. The van der Waals surface area contributed by atoms with Gasteiger partial charge < -0.3 is 9.84 Å². The van der Waals surface area contributed by atoms with Crippen molar-refractivity contribution >= 4 is 0 Å². The molecule has 0 bridgehead atoms. The fourth-order valence-electron chi connectivity index (χ4n) is 3.94. The van der Waals surface area contributed by atoms with Crippen molar-refractivity contribution in [3.05, 3.63) is 53.3 Å². The first-order valence-electron chi connectivity index (χ1n) is 9.55. The van der Waals surface area contributed by atoms with E-state index in [1.54, 1.807) is 0 Å². The average molecular weight is 356 g/mol. The molecule has 0 radical (unpaired) electrons. The number of hydrogen-bond acceptors (Lipinski definition) is 5. The molecule has 0 unspecified atom stereocenters. The van der Waals surface area contributed by atoms with Crippen molar-refractivity contribution < 1.29 is 9.84 Å². The highest BCUT2D eigenvalue weighted by molar-refractivity contribution is 5.22. The van der Waals surface area contributed by atoms with Crippen LogP contribution in [-0.4, -0.2) is 63.6 Å². The second-order valence-corrected chi connectivity index (χ2v) is 7.28. The summed E-state index contributed by atoms with van der Waals surface area (Å²) in [5.41, 5.74) is 3.55. The summed E-state index contributed by atoms with van der Waals surface area (Å²) in [5.74, 6) is 0. The van der Waals surface area contributed by atoms with Gasteiger partial charge in [0.05, 0.1) is 25.5 Å². The minimum atomic E-state index is 0.100. The minimum absolute atomic E-state index is 0.100. The molecule has 0 amide bonds. The number of nitrogens with zero attached hydrogens (tertiary/aromatic N) is 4. The zero-order chi connectivity index (χ0) is 17.8. The van der Waals surface area contributed by atoms with Crippen molar-refractivity contribution in [1.29, 1.82) is 0 Å². The van der Waals surface area contributed by atoms with Gasteiger partial charge in [0.1, 0.15) is 0 Å². The van der Waals surface area contributed by atoms with Gasteiger partial charge in [-0.1, -0.05) is 24.3 Å². The maximum atomic E-state index is 9.26. The minimum Gasteiger partial charge on any atom is -0.392 e. The maximum Gasteiger partial charge on any atom is 0.0681 e. The first-order valence-corrected chi connectivity index (χ1v) is 9.55. The van der Waals surface area contributed by atoms with Gasteiger partial charge in [-0.05, 0) is 23.6 Å². The Kier molecular flexibility index (Phi) is 5.65. The van der Waals surface area contributed by atoms with Crippen LogP contribution in [-0.2, 0) is 31.0 Å². The molecule has 26 heavy (non-hydrogen) atoms. The quantitative estimate of drug-likeness (QED) is 0.880. The summed E-state index contributed by atoms with van der Waals surface area (Å²) in [6, 6.07) is 11.0. The molecule has 140 valence electrons. The fourth-order valence-corrected chi connectivity index (χ4v) is 3.94. The van der Waals surface area contributed by atoms with E-state index in [-0.39, 0.29) is 6.61 Å². The summed E-state index contributed by atoms with van der Waals surface area (Å²) >= 11 is 0. The molecule has 6 heteroatoms. The van der Waals surface area contributed by atoms with E-state index in [1.807, 2.05) is 18.3 Å². The first kappa shape index (κ1) is 17.7. The summed E-state index contributed by atoms with van der Waals surface area (Å²) in [6.07, 6.45) is 3.02. The van der Waals surface area contributed by atoms with Crippen molar-refractivity contribution in [3.63, 3.8) is 0 Å². The van der Waals surface area contributed by atoms with Gasteiger partial charge in [0.25, 0.3) is 0 Å². The number of aliphatic hydroxyl groups excluding tert-OH is 1. The third kappa shape index (κ3) is 4.15. The van der Waals surface area contributed by atoms with Crippen molar-refractivity contribution in [2.24, 2.45) is 0 Å². The molecule has 0 aliphatic carbocycles. The molecule has 1 N–H and O–H groups in total. The molecule has 1 atom stereocenters. The number of benzene rings is 1. The van der Waals surface area contributed by atoms with E-state index >= 15 is 0 Å². The maximum absolute atomic E-state index is 9.26. The van der Waals surface area contributed by atoms with E-state index in [0.717, 1.165) is 64.5 Å². The van der Waals surface area contributed by atoms with Crippen molar-refractivity contribution in [2.75, 3.05) is 32.8 Å². The molecule has 1 aromatic heterocycles. The molecule has 1 aromatic carbocycles. The van der Waals surface area contributed by atoms with Crippen molar-refractivity contribution in [1.82, 2.24) is 19.6 Å². The predicted octanol–water partition coefficient (Wildman–Crippen LogP) is 1.48. The first-order chi connectivity index (χ1) is 12.8. The molecule has 4 rings (SSSR count). The molecular formula is C20H28N4O2. The van der Waals surface area contributed by atoms with Crippen LogP contribution >= 0.6 is 0 Å². The molecule has 6 nitrogen and oxygen atoms in total. The van der Waals surface area contributed by atoms with E-state index in [0.29, 0.717) is 6.04 Å². The fraction of sp³-hybridized carbons (Fsp3) is 0.550. The Morgan fingerprint density at radius 3 is 2.58 bits per heavy atom. The van der Waals surface area contributed by atoms with E-state index < -0.39 is 0 Å². The highest BCUT2D eigenvalue weighted by atomic mass is 16.5. The summed E-state index contributed by atoms with van der Waals surface area (Å²) < 4.78 is 7.66. The zero-order valence-corrected chi connectivity index (χ0v) is 15.3. The van der Waals surface area contributed by atoms with Crippen LogP contribution in [0, 0.1) is 0 Å². The van der Waals surface area contributed by atoms with Crippen LogP contribution in [0.2, 0.25) is 0 Å². The number of hydrogen-bond donors (Lipinski definition) is 1. The monoisotopic (exact) mass is 356 g/mol. The molecule has 2 aromatic rings. The Labute approximate surface area is 155 Å². The predicted molar refractivity (Wildman–Crippen MR) is 99.5 cm³/mol. The Bertz CT molecular complexity index is 694. The molecule has 3 heterocycles. The lowest BCUT2D eigenvalue weighted by Gasteiger charge is -2.35. The van der Waals surface area contributed by atoms with Crippen LogP contribution < -0.4 is 0 Å². The molecule has 2 aliphatic heterocycles. The third-order valence-electron chi connectivity index (χ3n) is 5.52. The summed E-state index contributed by atoms with van der Waals surface area (Å²) in [4.78, 5) is 5.12. The largest absolute Gasteiger partial charge is 0.392 e. The van der Waals surface area contributed by atoms with Gasteiger partial charge in [0.2, 0.25) is 0 Å². The van der Waals surface area contributed by atoms with Crippen LogP contribution in [0.1, 0.15) is 23.2 Å². The van der Waals surface area contributed by atoms with Crippen LogP contribution in [0.3, 0.4) is 0 Å². The van der Waals surface area contributed by atoms with Crippen molar-refractivity contribution in [2.45, 2.75) is 38.7 Å². The number of aliphatic hydroxyl groups is 1. The van der Waals surface area contributed by atoms with Gasteiger partial charge in [-0.3, -0.25) is 14.5 Å². The number of aromatic nitrogens is 2. The van der Waals surface area contributed by atoms with Gasteiger partial charge in [-0.2, -0.15) is 5.10 Å². The molecule has 0 spiro atoms. The van der Waals surface area contributed by atoms with Gasteiger partial charge >= 0.3 is 0 Å². The second kappa shape index (κ2) is 8.31. The summed E-state index contributed by atoms with van der Waals surface area (Å²) in [7, 11) is 0. The van der Waals surface area contributed by atoms with Crippen LogP contribution in [0.4, 0.5) is 0 Å². The Morgan fingerprint density at radius 2 is 1.81 bits per heavy atom. The zero-order valence-electron chi connectivity index (χ0n) is 15.3. The Balaban J connectivity index is 1.50. The smallest absolute Gasteiger partial charge is 0.0681 e. The standard InChI is InChI=1S/C20H28N4O2/c25-16-18-3-1-17(2-4-18)13-23-15-20-5-7-21-24(20)8-6-19(23)14-22-9-11-26-12-10-22/h1-5,7,19,25H,6,8-16H2/t19-/m1/s1. The number of ether oxygens (including phenoxy) is 1. The molecule has 2 aliphatic rings. The lowest BCUT2D eigenvalue weighted by molar-refractivity contribution is 0.0197. The number of morpholine rings is 1. The number of fused-ring (bicyclic) bond motifs is 1. The molecule has 0 saturated carbocycles. The van der Waals surface area contributed by atoms with Gasteiger partial charge in [0, 0.05) is 51.5 Å². The Morgan fingerprint density at radius 1 is 1.04 bits per heavy atom. The van der Waals surface area contributed by atoms with Gasteiger partial charge in [0.15, 0.2) is 0 Å². The molecule has 1 fully saturated rings. The normalized spacial score (nSPS) is 22.1. The van der Waals surface area contributed by atoms with Crippen LogP contribution in [0.5, 0.6) is 0 Å². The SMILES string of the molecule is OCc1ccc(CN2Cc3ccnn3CC[C@@H]2CN2CCOCC2)cc1. The average Bonchev–Trinajstić information content (AvgIpc) is 3.07. The van der Waals surface area contributed by atoms with Crippen LogP contribution in [0.25, 0.3) is 0 Å². The van der Waals surface area contributed by atoms with E-state index in [4.69, 9.17) is 4.74 Å². The lowest BCUT2D eigenvalue weighted by atomic mass is 10.1. The van der Waals surface area contributed by atoms with E-state index in [1.165, 1.54) is 11.3 Å².